The molecule has 0 saturated carbocycles. The standard InChI is InChI=1S/C13H12O3/c1-8-4-3-5-10-11(8)6-9(13(14)15)7-12(10)16-2/h3-7H,1-2H3,(H,14,15). The van der Waals surface area contributed by atoms with E-state index in [1.54, 1.807) is 19.2 Å². The zero-order chi connectivity index (χ0) is 11.7. The van der Waals surface area contributed by atoms with E-state index in [1.807, 2.05) is 25.1 Å². The van der Waals surface area contributed by atoms with Gasteiger partial charge in [0, 0.05) is 5.39 Å². The van der Waals surface area contributed by atoms with E-state index in [-0.39, 0.29) is 5.56 Å². The Labute approximate surface area is 93.3 Å². The Morgan fingerprint density at radius 1 is 1.25 bits per heavy atom. The lowest BCUT2D eigenvalue weighted by molar-refractivity contribution is 0.0696. The van der Waals surface area contributed by atoms with E-state index in [0.29, 0.717) is 5.75 Å². The minimum absolute atomic E-state index is 0.249. The number of rotatable bonds is 2. The van der Waals surface area contributed by atoms with Crippen molar-refractivity contribution >= 4 is 16.7 Å². The maximum atomic E-state index is 11.0. The molecule has 2 aromatic carbocycles. The van der Waals surface area contributed by atoms with Gasteiger partial charge in [-0.1, -0.05) is 18.2 Å². The first kappa shape index (κ1) is 10.5. The van der Waals surface area contributed by atoms with Gasteiger partial charge in [-0.2, -0.15) is 0 Å². The van der Waals surface area contributed by atoms with Crippen molar-refractivity contribution in [3.05, 3.63) is 41.5 Å². The van der Waals surface area contributed by atoms with E-state index < -0.39 is 5.97 Å². The van der Waals surface area contributed by atoms with Gasteiger partial charge in [-0.15, -0.1) is 0 Å². The average molecular weight is 216 g/mol. The summed E-state index contributed by atoms with van der Waals surface area (Å²) in [5, 5.41) is 10.9. The van der Waals surface area contributed by atoms with Crippen molar-refractivity contribution in [3.8, 4) is 5.75 Å². The highest BCUT2D eigenvalue weighted by molar-refractivity contribution is 5.98. The number of ether oxygens (including phenoxy) is 1. The third-order valence-electron chi connectivity index (χ3n) is 2.64. The molecule has 0 saturated heterocycles. The highest BCUT2D eigenvalue weighted by Gasteiger charge is 2.10. The Morgan fingerprint density at radius 2 is 2.00 bits per heavy atom. The lowest BCUT2D eigenvalue weighted by Gasteiger charge is -2.08. The van der Waals surface area contributed by atoms with Crippen LogP contribution in [0.3, 0.4) is 0 Å². The van der Waals surface area contributed by atoms with Crippen LogP contribution in [-0.4, -0.2) is 18.2 Å². The number of aryl methyl sites for hydroxylation is 1. The van der Waals surface area contributed by atoms with Crippen molar-refractivity contribution in [1.82, 2.24) is 0 Å². The van der Waals surface area contributed by atoms with Gasteiger partial charge in [0.25, 0.3) is 0 Å². The molecular formula is C13H12O3. The minimum Gasteiger partial charge on any atom is -0.496 e. The summed E-state index contributed by atoms with van der Waals surface area (Å²) in [5.74, 6) is -0.345. The normalized spacial score (nSPS) is 10.4. The molecule has 1 N–H and O–H groups in total. The number of carboxylic acid groups (broad SMARTS) is 1. The summed E-state index contributed by atoms with van der Waals surface area (Å²) in [5.41, 5.74) is 1.29. The van der Waals surface area contributed by atoms with Crippen molar-refractivity contribution in [2.75, 3.05) is 7.11 Å². The highest BCUT2D eigenvalue weighted by atomic mass is 16.5. The number of methoxy groups -OCH3 is 1. The summed E-state index contributed by atoms with van der Waals surface area (Å²) >= 11 is 0. The molecule has 2 aromatic rings. The van der Waals surface area contributed by atoms with Crippen molar-refractivity contribution < 1.29 is 14.6 Å². The molecule has 0 aromatic heterocycles. The van der Waals surface area contributed by atoms with Gasteiger partial charge in [0.05, 0.1) is 12.7 Å². The number of aromatic carboxylic acids is 1. The predicted molar refractivity (Wildman–Crippen MR) is 62.2 cm³/mol. The second-order valence-electron chi connectivity index (χ2n) is 3.65. The fourth-order valence-electron chi connectivity index (χ4n) is 1.80. The fraction of sp³-hybridized carbons (Fsp3) is 0.154. The number of hydrogen-bond donors (Lipinski definition) is 1. The maximum Gasteiger partial charge on any atom is 0.335 e. The lowest BCUT2D eigenvalue weighted by Crippen LogP contribution is -1.98. The number of carboxylic acids is 1. The average Bonchev–Trinajstić information content (AvgIpc) is 2.28. The van der Waals surface area contributed by atoms with Crippen LogP contribution in [0, 0.1) is 6.92 Å². The van der Waals surface area contributed by atoms with E-state index in [1.165, 1.54) is 0 Å². The third-order valence-corrected chi connectivity index (χ3v) is 2.64. The molecule has 16 heavy (non-hydrogen) atoms. The summed E-state index contributed by atoms with van der Waals surface area (Å²) in [6.45, 7) is 1.95. The van der Waals surface area contributed by atoms with Gasteiger partial charge >= 0.3 is 5.97 Å². The number of benzene rings is 2. The molecule has 82 valence electrons. The summed E-state index contributed by atoms with van der Waals surface area (Å²) in [6, 6.07) is 9.03. The lowest BCUT2D eigenvalue weighted by atomic mass is 10.0. The summed E-state index contributed by atoms with van der Waals surface area (Å²) < 4.78 is 5.21. The van der Waals surface area contributed by atoms with Crippen molar-refractivity contribution in [2.45, 2.75) is 6.92 Å². The topological polar surface area (TPSA) is 46.5 Å². The van der Waals surface area contributed by atoms with E-state index >= 15 is 0 Å². The molecule has 3 heteroatoms. The number of fused-ring (bicyclic) bond motifs is 1. The van der Waals surface area contributed by atoms with Gasteiger partial charge in [0.1, 0.15) is 5.75 Å². The van der Waals surface area contributed by atoms with Gasteiger partial charge in [-0.05, 0) is 30.0 Å². The second kappa shape index (κ2) is 3.85. The predicted octanol–water partition coefficient (Wildman–Crippen LogP) is 2.86. The zero-order valence-electron chi connectivity index (χ0n) is 9.15. The minimum atomic E-state index is -0.941. The first-order valence-corrected chi connectivity index (χ1v) is 4.94. The molecule has 0 unspecified atom stereocenters. The molecular weight excluding hydrogens is 204 g/mol. The van der Waals surface area contributed by atoms with Crippen LogP contribution in [0.2, 0.25) is 0 Å². The molecule has 0 aliphatic carbocycles. The Bertz CT molecular complexity index is 558. The van der Waals surface area contributed by atoms with E-state index in [2.05, 4.69) is 0 Å². The highest BCUT2D eigenvalue weighted by Crippen LogP contribution is 2.29. The SMILES string of the molecule is COc1cc(C(=O)O)cc2c(C)cccc12. The monoisotopic (exact) mass is 216 g/mol. The molecule has 2 rings (SSSR count). The van der Waals surface area contributed by atoms with Gasteiger partial charge in [0.2, 0.25) is 0 Å². The first-order valence-electron chi connectivity index (χ1n) is 4.94. The smallest absolute Gasteiger partial charge is 0.335 e. The van der Waals surface area contributed by atoms with Crippen LogP contribution >= 0.6 is 0 Å². The van der Waals surface area contributed by atoms with Crippen LogP contribution < -0.4 is 4.74 Å². The summed E-state index contributed by atoms with van der Waals surface area (Å²) in [4.78, 5) is 11.0. The van der Waals surface area contributed by atoms with E-state index in [9.17, 15) is 4.79 Å². The van der Waals surface area contributed by atoms with Crippen molar-refractivity contribution in [2.24, 2.45) is 0 Å². The van der Waals surface area contributed by atoms with E-state index in [4.69, 9.17) is 9.84 Å². The summed E-state index contributed by atoms with van der Waals surface area (Å²) in [7, 11) is 1.54. The molecule has 3 nitrogen and oxygen atoms in total. The third kappa shape index (κ3) is 1.60. The summed E-state index contributed by atoms with van der Waals surface area (Å²) in [6.07, 6.45) is 0. The van der Waals surface area contributed by atoms with Crippen molar-refractivity contribution in [3.63, 3.8) is 0 Å². The molecule has 0 aliphatic heterocycles. The molecule has 0 amide bonds. The zero-order valence-corrected chi connectivity index (χ0v) is 9.15. The van der Waals surface area contributed by atoms with Crippen LogP contribution in [0.1, 0.15) is 15.9 Å². The Morgan fingerprint density at radius 3 is 2.62 bits per heavy atom. The van der Waals surface area contributed by atoms with Gasteiger partial charge in [-0.3, -0.25) is 0 Å². The van der Waals surface area contributed by atoms with Crippen LogP contribution in [0.5, 0.6) is 5.75 Å². The number of carbonyl (C=O) groups is 1. The van der Waals surface area contributed by atoms with Crippen LogP contribution in [0.15, 0.2) is 30.3 Å². The van der Waals surface area contributed by atoms with Crippen LogP contribution in [-0.2, 0) is 0 Å². The fourth-order valence-corrected chi connectivity index (χ4v) is 1.80. The van der Waals surface area contributed by atoms with Gasteiger partial charge < -0.3 is 9.84 Å². The Kier molecular flexibility index (Phi) is 2.52. The second-order valence-corrected chi connectivity index (χ2v) is 3.65. The largest absolute Gasteiger partial charge is 0.496 e. The molecule has 0 radical (unpaired) electrons. The van der Waals surface area contributed by atoms with Crippen LogP contribution in [0.4, 0.5) is 0 Å². The molecule has 0 fully saturated rings. The Balaban J connectivity index is 2.84. The van der Waals surface area contributed by atoms with Crippen LogP contribution in [0.25, 0.3) is 10.8 Å². The van der Waals surface area contributed by atoms with Gasteiger partial charge in [0.15, 0.2) is 0 Å². The maximum absolute atomic E-state index is 11.0. The molecule has 0 heterocycles. The number of hydrogen-bond acceptors (Lipinski definition) is 2. The first-order chi connectivity index (χ1) is 7.63. The molecule has 0 bridgehead atoms. The Hall–Kier alpha value is -2.03. The molecule has 0 spiro atoms. The molecule has 0 atom stereocenters. The quantitative estimate of drug-likeness (QED) is 0.839. The van der Waals surface area contributed by atoms with Crippen molar-refractivity contribution in [1.29, 1.82) is 0 Å². The molecule has 0 aliphatic rings. The van der Waals surface area contributed by atoms with E-state index in [0.717, 1.165) is 16.3 Å². The van der Waals surface area contributed by atoms with Gasteiger partial charge in [-0.25, -0.2) is 4.79 Å².